The van der Waals surface area contributed by atoms with Gasteiger partial charge in [-0.2, -0.15) is 0 Å². The smallest absolute Gasteiger partial charge is 0.239 e. The number of aliphatic hydroxyl groups excluding tert-OH is 1. The number of nitrogens with zero attached hydrogens (tertiary/aromatic N) is 2. The highest BCUT2D eigenvalue weighted by Gasteiger charge is 2.41. The van der Waals surface area contributed by atoms with Gasteiger partial charge in [0.25, 0.3) is 0 Å². The number of thiophene rings is 1. The van der Waals surface area contributed by atoms with Crippen LogP contribution in [0.25, 0.3) is 5.57 Å². The summed E-state index contributed by atoms with van der Waals surface area (Å²) < 4.78 is 13.0. The van der Waals surface area contributed by atoms with Crippen molar-refractivity contribution in [2.75, 3.05) is 57.5 Å². The molecule has 3 aliphatic heterocycles. The Bertz CT molecular complexity index is 1040. The van der Waals surface area contributed by atoms with E-state index in [0.717, 1.165) is 36.2 Å². The Balaban J connectivity index is 1.46. The SMILES string of the molecule is O=C1C(=O)C(c2ccc(N3CCOCC3)s2)=C(O)C1=C1C=CC(=[N+]2CCOCC2)S1. The summed E-state index contributed by atoms with van der Waals surface area (Å²) in [6.07, 6.45) is 3.74. The third kappa shape index (κ3) is 3.45. The first-order valence-corrected chi connectivity index (χ1v) is 11.5. The largest absolute Gasteiger partial charge is 0.506 e. The summed E-state index contributed by atoms with van der Waals surface area (Å²) in [5.41, 5.74) is 0.224. The number of carbonyl (C=O) groups is 2. The first-order chi connectivity index (χ1) is 14.6. The Kier molecular flexibility index (Phi) is 5.36. The standard InChI is InChI=1S/C21H20N2O5S2/c24-19-17(13-1-3-15(29-13)22-5-9-27-10-6-22)20(25)21(26)18(19)14-2-4-16(30-14)23-7-11-28-12-8-23/h1-4H,5-12H2/p+1. The van der Waals surface area contributed by atoms with Gasteiger partial charge in [0, 0.05) is 28.9 Å². The van der Waals surface area contributed by atoms with Crippen molar-refractivity contribution in [1.29, 1.82) is 0 Å². The van der Waals surface area contributed by atoms with E-state index in [1.165, 1.54) is 23.1 Å². The molecule has 0 radical (unpaired) electrons. The summed E-state index contributed by atoms with van der Waals surface area (Å²) in [4.78, 5) is 28.9. The van der Waals surface area contributed by atoms with Gasteiger partial charge >= 0.3 is 0 Å². The number of anilines is 1. The molecule has 0 aromatic carbocycles. The fourth-order valence-electron chi connectivity index (χ4n) is 3.86. The van der Waals surface area contributed by atoms with Crippen LogP contribution in [0.1, 0.15) is 4.88 Å². The van der Waals surface area contributed by atoms with Gasteiger partial charge in [-0.3, -0.25) is 9.59 Å². The van der Waals surface area contributed by atoms with Crippen molar-refractivity contribution >= 4 is 50.3 Å². The maximum atomic E-state index is 12.8. The molecule has 156 valence electrons. The molecule has 5 rings (SSSR count). The minimum Gasteiger partial charge on any atom is -0.506 e. The Morgan fingerprint density at radius 3 is 2.40 bits per heavy atom. The minimum absolute atomic E-state index is 0.112. The molecule has 2 fully saturated rings. The molecule has 4 aliphatic rings. The Hall–Kier alpha value is -2.20. The molecular formula is C21H21N2O5S2+. The zero-order valence-corrected chi connectivity index (χ0v) is 17.9. The lowest BCUT2D eigenvalue weighted by molar-refractivity contribution is -0.546. The first kappa shape index (κ1) is 19.7. The van der Waals surface area contributed by atoms with Crippen molar-refractivity contribution in [3.8, 4) is 0 Å². The van der Waals surface area contributed by atoms with Crippen molar-refractivity contribution in [1.82, 2.24) is 0 Å². The number of rotatable bonds is 2. The van der Waals surface area contributed by atoms with Crippen LogP contribution in [0, 0.1) is 0 Å². The molecule has 2 saturated heterocycles. The summed E-state index contributed by atoms with van der Waals surface area (Å²) in [5, 5.41) is 12.9. The van der Waals surface area contributed by atoms with Crippen LogP contribution in [-0.2, 0) is 19.1 Å². The molecule has 1 aliphatic carbocycles. The molecule has 0 unspecified atom stereocenters. The van der Waals surface area contributed by atoms with Gasteiger partial charge in [-0.05, 0) is 30.0 Å². The van der Waals surface area contributed by atoms with E-state index in [0.29, 0.717) is 36.2 Å². The fraction of sp³-hybridized carbons (Fsp3) is 0.381. The fourth-order valence-corrected chi connectivity index (χ4v) is 6.06. The van der Waals surface area contributed by atoms with E-state index in [-0.39, 0.29) is 16.9 Å². The van der Waals surface area contributed by atoms with E-state index in [1.807, 2.05) is 24.3 Å². The monoisotopic (exact) mass is 445 g/mol. The predicted octanol–water partition coefficient (Wildman–Crippen LogP) is 2.00. The highest BCUT2D eigenvalue weighted by atomic mass is 32.2. The molecule has 1 aromatic heterocycles. The van der Waals surface area contributed by atoms with Gasteiger partial charge in [-0.25, -0.2) is 4.58 Å². The van der Waals surface area contributed by atoms with Crippen molar-refractivity contribution in [3.05, 3.63) is 45.4 Å². The summed E-state index contributed by atoms with van der Waals surface area (Å²) in [6, 6.07) is 3.74. The van der Waals surface area contributed by atoms with Crippen LogP contribution >= 0.6 is 23.1 Å². The zero-order chi connectivity index (χ0) is 20.7. The van der Waals surface area contributed by atoms with Crippen LogP contribution in [-0.4, -0.2) is 78.9 Å². The maximum Gasteiger partial charge on any atom is 0.239 e. The lowest BCUT2D eigenvalue weighted by Crippen LogP contribution is -2.35. The van der Waals surface area contributed by atoms with E-state index < -0.39 is 11.6 Å². The van der Waals surface area contributed by atoms with Gasteiger partial charge in [0.1, 0.15) is 19.0 Å². The molecule has 7 nitrogen and oxygen atoms in total. The van der Waals surface area contributed by atoms with Gasteiger partial charge in [0.05, 0.1) is 29.4 Å². The second-order valence-corrected chi connectivity index (χ2v) is 9.36. The maximum absolute atomic E-state index is 12.8. The number of aliphatic hydroxyl groups is 1. The van der Waals surface area contributed by atoms with Crippen LogP contribution in [0.15, 0.2) is 40.5 Å². The summed E-state index contributed by atoms with van der Waals surface area (Å²) in [6.45, 7) is 5.81. The van der Waals surface area contributed by atoms with Crippen molar-refractivity contribution < 1.29 is 28.7 Å². The number of carbonyl (C=O) groups excluding carboxylic acids is 2. The molecule has 0 saturated carbocycles. The quantitative estimate of drug-likeness (QED) is 0.424. The van der Waals surface area contributed by atoms with E-state index in [4.69, 9.17) is 9.47 Å². The second kappa shape index (κ2) is 8.14. The number of ether oxygens (including phenoxy) is 2. The summed E-state index contributed by atoms with van der Waals surface area (Å²) >= 11 is 2.84. The number of thioether (sulfide) groups is 1. The second-order valence-electron chi connectivity index (χ2n) is 7.23. The average molecular weight is 446 g/mol. The van der Waals surface area contributed by atoms with Crippen molar-refractivity contribution in [2.45, 2.75) is 0 Å². The summed E-state index contributed by atoms with van der Waals surface area (Å²) in [5.74, 6) is -1.49. The molecule has 1 N–H and O–H groups in total. The topological polar surface area (TPSA) is 79.1 Å². The Morgan fingerprint density at radius 2 is 1.63 bits per heavy atom. The van der Waals surface area contributed by atoms with Crippen LogP contribution in [0.5, 0.6) is 0 Å². The van der Waals surface area contributed by atoms with Crippen LogP contribution in [0.4, 0.5) is 5.00 Å². The van der Waals surface area contributed by atoms with E-state index in [1.54, 1.807) is 0 Å². The number of morpholine rings is 2. The van der Waals surface area contributed by atoms with Gasteiger partial charge < -0.3 is 19.5 Å². The lowest BCUT2D eigenvalue weighted by atomic mass is 10.1. The third-order valence-electron chi connectivity index (χ3n) is 5.46. The van der Waals surface area contributed by atoms with Gasteiger partial charge in [-0.15, -0.1) is 11.3 Å². The third-order valence-corrected chi connectivity index (χ3v) is 7.78. The number of allylic oxidation sites excluding steroid dienone is 3. The van der Waals surface area contributed by atoms with E-state index in [9.17, 15) is 14.7 Å². The molecule has 0 amide bonds. The van der Waals surface area contributed by atoms with Gasteiger partial charge in [-0.1, -0.05) is 0 Å². The molecule has 9 heteroatoms. The highest BCUT2D eigenvalue weighted by Crippen LogP contribution is 2.42. The number of Topliss-reactive ketones (excluding diaryl/α,β-unsaturated/α-hetero) is 2. The number of hydrogen-bond donors (Lipinski definition) is 1. The van der Waals surface area contributed by atoms with Crippen molar-refractivity contribution in [2.24, 2.45) is 0 Å². The minimum atomic E-state index is -0.640. The predicted molar refractivity (Wildman–Crippen MR) is 116 cm³/mol. The zero-order valence-electron chi connectivity index (χ0n) is 16.3. The van der Waals surface area contributed by atoms with E-state index in [2.05, 4.69) is 9.48 Å². The molecule has 1 aromatic rings. The number of hydrogen-bond acceptors (Lipinski definition) is 8. The highest BCUT2D eigenvalue weighted by molar-refractivity contribution is 8.18. The Labute approximate surface area is 182 Å². The van der Waals surface area contributed by atoms with Crippen molar-refractivity contribution in [3.63, 3.8) is 0 Å². The van der Waals surface area contributed by atoms with E-state index >= 15 is 0 Å². The summed E-state index contributed by atoms with van der Waals surface area (Å²) in [7, 11) is 0. The van der Waals surface area contributed by atoms with Crippen LogP contribution in [0.3, 0.4) is 0 Å². The molecule has 30 heavy (non-hydrogen) atoms. The number of ketones is 2. The molecular weight excluding hydrogens is 424 g/mol. The lowest BCUT2D eigenvalue weighted by Gasteiger charge is -2.27. The first-order valence-electron chi connectivity index (χ1n) is 9.89. The van der Waals surface area contributed by atoms with Gasteiger partial charge in [0.2, 0.25) is 16.6 Å². The van der Waals surface area contributed by atoms with Crippen LogP contribution in [0.2, 0.25) is 0 Å². The average Bonchev–Trinajstić information content (AvgIpc) is 3.49. The molecule has 4 heterocycles. The Morgan fingerprint density at radius 1 is 0.933 bits per heavy atom. The van der Waals surface area contributed by atoms with Gasteiger partial charge in [0.15, 0.2) is 13.1 Å². The molecule has 0 atom stereocenters. The normalized spacial score (nSPS) is 25.3. The molecule has 0 bridgehead atoms. The van der Waals surface area contributed by atoms with Crippen LogP contribution < -0.4 is 4.90 Å². The molecule has 0 spiro atoms.